The molecular weight excluding hydrogens is 270 g/mol. The molecule has 0 amide bonds. The van der Waals surface area contributed by atoms with Crippen molar-refractivity contribution in [1.82, 2.24) is 15.0 Å². The fraction of sp³-hybridized carbons (Fsp3) is 0.133. The number of rotatable bonds is 3. The van der Waals surface area contributed by atoms with Gasteiger partial charge in [0.25, 0.3) is 5.56 Å². The summed E-state index contributed by atoms with van der Waals surface area (Å²) in [5.74, 6) is -0.348. The highest BCUT2D eigenvalue weighted by Gasteiger charge is 2.09. The van der Waals surface area contributed by atoms with Gasteiger partial charge >= 0.3 is 5.97 Å². The molecule has 0 aliphatic heterocycles. The second-order valence-corrected chi connectivity index (χ2v) is 4.47. The summed E-state index contributed by atoms with van der Waals surface area (Å²) >= 11 is 0. The molecule has 2 heterocycles. The predicted molar refractivity (Wildman–Crippen MR) is 78.1 cm³/mol. The van der Waals surface area contributed by atoms with Crippen LogP contribution >= 0.6 is 0 Å². The first-order chi connectivity index (χ1) is 10.2. The number of carbonyl (C=O) groups is 1. The van der Waals surface area contributed by atoms with E-state index >= 15 is 0 Å². The molecule has 2 aromatic heterocycles. The third kappa shape index (κ3) is 2.43. The number of carbonyl (C=O) groups excluding carboxylic acids is 1. The van der Waals surface area contributed by atoms with E-state index in [1.165, 1.54) is 6.33 Å². The Morgan fingerprint density at radius 2 is 2.05 bits per heavy atom. The lowest BCUT2D eigenvalue weighted by atomic mass is 10.1. The lowest BCUT2D eigenvalue weighted by Gasteiger charge is -2.02. The number of ether oxygens (including phenoxy) is 1. The zero-order chi connectivity index (χ0) is 14.8. The topological polar surface area (TPSA) is 87.8 Å². The highest BCUT2D eigenvalue weighted by molar-refractivity contribution is 5.90. The van der Waals surface area contributed by atoms with E-state index in [0.717, 1.165) is 11.3 Å². The van der Waals surface area contributed by atoms with Crippen molar-refractivity contribution >= 4 is 17.0 Å². The highest BCUT2D eigenvalue weighted by atomic mass is 16.5. The quantitative estimate of drug-likeness (QED) is 0.720. The summed E-state index contributed by atoms with van der Waals surface area (Å²) in [6, 6.07) is 8.71. The molecule has 0 bridgehead atoms. The number of aromatic amines is 2. The predicted octanol–water partition coefficient (Wildman–Crippen LogP) is 2.09. The van der Waals surface area contributed by atoms with Gasteiger partial charge in [-0.05, 0) is 30.7 Å². The van der Waals surface area contributed by atoms with Crippen molar-refractivity contribution in [1.29, 1.82) is 0 Å². The van der Waals surface area contributed by atoms with Crippen LogP contribution in [0.5, 0.6) is 0 Å². The molecule has 0 aliphatic carbocycles. The SMILES string of the molecule is CCOC(=O)c1ccc(-c2cc3c(=O)[nH]cnc3[nH]2)cc1. The Labute approximate surface area is 119 Å². The minimum absolute atomic E-state index is 0.189. The molecule has 6 nitrogen and oxygen atoms in total. The minimum atomic E-state index is -0.348. The van der Waals surface area contributed by atoms with Crippen molar-refractivity contribution in [2.24, 2.45) is 0 Å². The van der Waals surface area contributed by atoms with E-state index in [9.17, 15) is 9.59 Å². The molecule has 0 saturated carbocycles. The smallest absolute Gasteiger partial charge is 0.338 e. The maximum Gasteiger partial charge on any atom is 0.338 e. The molecule has 0 spiro atoms. The first kappa shape index (κ1) is 13.1. The number of hydrogen-bond donors (Lipinski definition) is 2. The average Bonchev–Trinajstić information content (AvgIpc) is 2.93. The molecule has 3 rings (SSSR count). The summed E-state index contributed by atoms with van der Waals surface area (Å²) in [5.41, 5.74) is 2.46. The van der Waals surface area contributed by atoms with Crippen molar-refractivity contribution in [3.8, 4) is 11.3 Å². The van der Waals surface area contributed by atoms with E-state index in [4.69, 9.17) is 4.74 Å². The maximum absolute atomic E-state index is 11.7. The Hall–Kier alpha value is -2.89. The Balaban J connectivity index is 1.97. The van der Waals surface area contributed by atoms with E-state index in [-0.39, 0.29) is 11.5 Å². The second kappa shape index (κ2) is 5.24. The standard InChI is InChI=1S/C15H13N3O3/c1-2-21-15(20)10-5-3-9(4-6-10)12-7-11-13(18-12)16-8-17-14(11)19/h3-8H,2H2,1H3,(H2,16,17,18,19). The van der Waals surface area contributed by atoms with Gasteiger partial charge in [0.05, 0.1) is 23.9 Å². The van der Waals surface area contributed by atoms with E-state index in [1.54, 1.807) is 37.3 Å². The van der Waals surface area contributed by atoms with Crippen molar-refractivity contribution in [2.75, 3.05) is 6.61 Å². The molecule has 0 unspecified atom stereocenters. The Kier molecular flexibility index (Phi) is 3.27. The van der Waals surface area contributed by atoms with Gasteiger partial charge in [-0.2, -0.15) is 0 Å². The van der Waals surface area contributed by atoms with Crippen molar-refractivity contribution in [2.45, 2.75) is 6.92 Å². The fourth-order valence-electron chi connectivity index (χ4n) is 2.11. The highest BCUT2D eigenvalue weighted by Crippen LogP contribution is 2.21. The number of H-pyrrole nitrogens is 2. The van der Waals surface area contributed by atoms with Crippen LogP contribution in [0.4, 0.5) is 0 Å². The number of benzene rings is 1. The van der Waals surface area contributed by atoms with Gasteiger partial charge < -0.3 is 14.7 Å². The Bertz CT molecular complexity index is 846. The van der Waals surface area contributed by atoms with Gasteiger partial charge in [0.2, 0.25) is 0 Å². The molecule has 0 radical (unpaired) electrons. The van der Waals surface area contributed by atoms with Crippen LogP contribution in [0.1, 0.15) is 17.3 Å². The minimum Gasteiger partial charge on any atom is -0.462 e. The van der Waals surface area contributed by atoms with E-state index in [0.29, 0.717) is 23.2 Å². The molecule has 3 aromatic rings. The zero-order valence-corrected chi connectivity index (χ0v) is 11.3. The number of fused-ring (bicyclic) bond motifs is 1. The summed E-state index contributed by atoms with van der Waals surface area (Å²) in [5, 5.41) is 0.502. The molecule has 0 fully saturated rings. The van der Waals surface area contributed by atoms with Crippen LogP contribution in [0.2, 0.25) is 0 Å². The number of nitrogens with zero attached hydrogens (tertiary/aromatic N) is 1. The molecular formula is C15H13N3O3. The van der Waals surface area contributed by atoms with Crippen molar-refractivity contribution < 1.29 is 9.53 Å². The first-order valence-electron chi connectivity index (χ1n) is 6.53. The van der Waals surface area contributed by atoms with Crippen LogP contribution in [0.25, 0.3) is 22.3 Å². The van der Waals surface area contributed by atoms with E-state index < -0.39 is 0 Å². The lowest BCUT2D eigenvalue weighted by molar-refractivity contribution is 0.0526. The van der Waals surface area contributed by atoms with Crippen molar-refractivity contribution in [3.05, 3.63) is 52.6 Å². The molecule has 6 heteroatoms. The van der Waals surface area contributed by atoms with Crippen LogP contribution in [-0.2, 0) is 4.74 Å². The summed E-state index contributed by atoms with van der Waals surface area (Å²) in [6.45, 7) is 2.11. The molecule has 0 aliphatic rings. The molecule has 1 aromatic carbocycles. The third-order valence-electron chi connectivity index (χ3n) is 3.14. The lowest BCUT2D eigenvalue weighted by Crippen LogP contribution is -2.04. The van der Waals surface area contributed by atoms with Gasteiger partial charge in [-0.15, -0.1) is 0 Å². The summed E-state index contributed by atoms with van der Waals surface area (Å²) in [7, 11) is 0. The molecule has 0 atom stereocenters. The number of aromatic nitrogens is 3. The van der Waals surface area contributed by atoms with E-state index in [1.807, 2.05) is 0 Å². The van der Waals surface area contributed by atoms with Crippen LogP contribution in [-0.4, -0.2) is 27.5 Å². The molecule has 21 heavy (non-hydrogen) atoms. The van der Waals surface area contributed by atoms with Crippen LogP contribution in [0.3, 0.4) is 0 Å². The van der Waals surface area contributed by atoms with Gasteiger partial charge in [0.1, 0.15) is 5.65 Å². The van der Waals surface area contributed by atoms with Gasteiger partial charge in [-0.1, -0.05) is 12.1 Å². The number of hydrogen-bond acceptors (Lipinski definition) is 4. The van der Waals surface area contributed by atoms with Crippen LogP contribution in [0, 0.1) is 0 Å². The Morgan fingerprint density at radius 1 is 1.29 bits per heavy atom. The van der Waals surface area contributed by atoms with Crippen LogP contribution in [0.15, 0.2) is 41.5 Å². The Morgan fingerprint density at radius 3 is 2.71 bits per heavy atom. The molecule has 2 N–H and O–H groups in total. The summed E-state index contributed by atoms with van der Waals surface area (Å²) in [4.78, 5) is 32.9. The normalized spacial score (nSPS) is 10.7. The van der Waals surface area contributed by atoms with Gasteiger partial charge in [-0.3, -0.25) is 4.79 Å². The average molecular weight is 283 g/mol. The number of esters is 1. The fourth-order valence-corrected chi connectivity index (χ4v) is 2.11. The zero-order valence-electron chi connectivity index (χ0n) is 11.3. The van der Waals surface area contributed by atoms with Crippen LogP contribution < -0.4 is 5.56 Å². The van der Waals surface area contributed by atoms with Gasteiger partial charge in [0, 0.05) is 5.69 Å². The monoisotopic (exact) mass is 283 g/mol. The first-order valence-corrected chi connectivity index (χ1v) is 6.53. The largest absolute Gasteiger partial charge is 0.462 e. The van der Waals surface area contributed by atoms with E-state index in [2.05, 4.69) is 15.0 Å². The van der Waals surface area contributed by atoms with Gasteiger partial charge in [0.15, 0.2) is 0 Å². The summed E-state index contributed by atoms with van der Waals surface area (Å²) in [6.07, 6.45) is 1.36. The summed E-state index contributed by atoms with van der Waals surface area (Å²) < 4.78 is 4.94. The number of nitrogens with one attached hydrogen (secondary N) is 2. The third-order valence-corrected chi connectivity index (χ3v) is 3.14. The van der Waals surface area contributed by atoms with Crippen molar-refractivity contribution in [3.63, 3.8) is 0 Å². The molecule has 0 saturated heterocycles. The molecule has 106 valence electrons. The van der Waals surface area contributed by atoms with Gasteiger partial charge in [-0.25, -0.2) is 9.78 Å². The maximum atomic E-state index is 11.7. The second-order valence-electron chi connectivity index (χ2n) is 4.47.